The molecule has 0 saturated carbocycles. The van der Waals surface area contributed by atoms with E-state index >= 15 is 0 Å². The summed E-state index contributed by atoms with van der Waals surface area (Å²) in [6.45, 7) is 6.88. The molecule has 2 saturated heterocycles. The molecule has 160 valence electrons. The van der Waals surface area contributed by atoms with E-state index in [1.807, 2.05) is 0 Å². The highest BCUT2D eigenvalue weighted by Gasteiger charge is 2.18. The molecule has 2 aliphatic heterocycles. The molecule has 2 aromatic rings. The van der Waals surface area contributed by atoms with Crippen LogP contribution < -0.4 is 15.5 Å². The van der Waals surface area contributed by atoms with Gasteiger partial charge in [-0.1, -0.05) is 0 Å². The zero-order valence-electron chi connectivity index (χ0n) is 16.8. The second-order valence-corrected chi connectivity index (χ2v) is 7.29. The molecule has 3 heterocycles. The van der Waals surface area contributed by atoms with Gasteiger partial charge in [-0.3, -0.25) is 15.0 Å². The minimum atomic E-state index is -0.422. The summed E-state index contributed by atoms with van der Waals surface area (Å²) in [5.74, 6) is 1.57. The maximum Gasteiger partial charge on any atom is 0.269 e. The monoisotopic (exact) mass is 414 g/mol. The Balaban J connectivity index is 1.46. The van der Waals surface area contributed by atoms with Gasteiger partial charge in [0.2, 0.25) is 17.8 Å². The summed E-state index contributed by atoms with van der Waals surface area (Å²) >= 11 is 0. The Bertz CT molecular complexity index is 851. The first kappa shape index (κ1) is 20.2. The molecule has 2 N–H and O–H groups in total. The van der Waals surface area contributed by atoms with Crippen LogP contribution in [-0.4, -0.2) is 77.3 Å². The first-order valence-electron chi connectivity index (χ1n) is 10.2. The fourth-order valence-corrected chi connectivity index (χ4v) is 3.50. The van der Waals surface area contributed by atoms with Gasteiger partial charge >= 0.3 is 0 Å². The number of rotatable bonds is 8. The summed E-state index contributed by atoms with van der Waals surface area (Å²) in [5, 5.41) is 17.3. The molecule has 2 aliphatic rings. The van der Waals surface area contributed by atoms with Crippen LogP contribution in [0.1, 0.15) is 12.8 Å². The fourth-order valence-electron chi connectivity index (χ4n) is 3.50. The van der Waals surface area contributed by atoms with Gasteiger partial charge in [-0.15, -0.1) is 0 Å². The Morgan fingerprint density at radius 3 is 2.40 bits per heavy atom. The molecule has 0 radical (unpaired) electrons. The SMILES string of the molecule is O=[N+]([O-])c1ccc(Nc2nc(NCCN3CCOCC3)nc(N3CCCC3)n2)cc1. The van der Waals surface area contributed by atoms with Crippen LogP contribution in [0.25, 0.3) is 0 Å². The van der Waals surface area contributed by atoms with Crippen molar-refractivity contribution in [2.24, 2.45) is 0 Å². The van der Waals surface area contributed by atoms with Crippen LogP contribution >= 0.6 is 0 Å². The van der Waals surface area contributed by atoms with Crippen LogP contribution in [-0.2, 0) is 4.74 Å². The number of morpholine rings is 1. The average molecular weight is 414 g/mol. The highest BCUT2D eigenvalue weighted by atomic mass is 16.6. The Labute approximate surface area is 174 Å². The number of benzene rings is 1. The van der Waals surface area contributed by atoms with E-state index < -0.39 is 4.92 Å². The van der Waals surface area contributed by atoms with Gasteiger partial charge in [-0.2, -0.15) is 15.0 Å². The molecule has 0 bridgehead atoms. The average Bonchev–Trinajstić information content (AvgIpc) is 3.30. The third-order valence-electron chi connectivity index (χ3n) is 5.16. The summed E-state index contributed by atoms with van der Waals surface area (Å²) in [6, 6.07) is 6.19. The minimum absolute atomic E-state index is 0.0411. The van der Waals surface area contributed by atoms with Crippen molar-refractivity contribution in [2.75, 3.05) is 68.0 Å². The Morgan fingerprint density at radius 1 is 1.00 bits per heavy atom. The number of ether oxygens (including phenoxy) is 1. The van der Waals surface area contributed by atoms with E-state index in [9.17, 15) is 10.1 Å². The van der Waals surface area contributed by atoms with Gasteiger partial charge < -0.3 is 20.3 Å². The molecule has 30 heavy (non-hydrogen) atoms. The Hall–Kier alpha value is -3.05. The zero-order chi connectivity index (χ0) is 20.8. The van der Waals surface area contributed by atoms with E-state index in [1.54, 1.807) is 12.1 Å². The van der Waals surface area contributed by atoms with Crippen LogP contribution in [0.5, 0.6) is 0 Å². The molecule has 2 fully saturated rings. The van der Waals surface area contributed by atoms with E-state index in [2.05, 4.69) is 35.4 Å². The first-order valence-corrected chi connectivity index (χ1v) is 10.2. The summed E-state index contributed by atoms with van der Waals surface area (Å²) in [6.07, 6.45) is 2.24. The fraction of sp³-hybridized carbons (Fsp3) is 0.526. The van der Waals surface area contributed by atoms with Gasteiger partial charge in [0.25, 0.3) is 5.69 Å². The normalized spacial score (nSPS) is 17.1. The lowest BCUT2D eigenvalue weighted by atomic mass is 10.3. The number of hydrogen-bond acceptors (Lipinski definition) is 10. The van der Waals surface area contributed by atoms with E-state index in [-0.39, 0.29) is 5.69 Å². The lowest BCUT2D eigenvalue weighted by Gasteiger charge is -2.26. The standard InChI is InChI=1S/C19H26N8O3/c28-27(29)16-5-3-15(4-6-16)21-18-22-17(20-7-10-25-11-13-30-14-12-25)23-19(24-18)26-8-1-2-9-26/h3-6H,1-2,7-14H2,(H2,20,21,22,23,24). The Kier molecular flexibility index (Phi) is 6.50. The third-order valence-corrected chi connectivity index (χ3v) is 5.16. The van der Waals surface area contributed by atoms with Gasteiger partial charge in [0.1, 0.15) is 0 Å². The van der Waals surface area contributed by atoms with Crippen LogP contribution in [0.3, 0.4) is 0 Å². The number of nitrogens with one attached hydrogen (secondary N) is 2. The predicted molar refractivity (Wildman–Crippen MR) is 113 cm³/mol. The van der Waals surface area contributed by atoms with Crippen molar-refractivity contribution >= 4 is 29.2 Å². The summed E-state index contributed by atoms with van der Waals surface area (Å²) in [7, 11) is 0. The molecule has 11 heteroatoms. The molecule has 11 nitrogen and oxygen atoms in total. The van der Waals surface area contributed by atoms with Crippen LogP contribution in [0.4, 0.5) is 29.2 Å². The predicted octanol–water partition coefficient (Wildman–Crippen LogP) is 1.87. The van der Waals surface area contributed by atoms with Crippen molar-refractivity contribution < 1.29 is 9.66 Å². The molecule has 0 atom stereocenters. The minimum Gasteiger partial charge on any atom is -0.379 e. The lowest BCUT2D eigenvalue weighted by Crippen LogP contribution is -2.39. The van der Waals surface area contributed by atoms with E-state index in [0.717, 1.165) is 65.3 Å². The molecule has 0 aliphatic carbocycles. The van der Waals surface area contributed by atoms with Gasteiger partial charge in [0, 0.05) is 57.1 Å². The highest BCUT2D eigenvalue weighted by Crippen LogP contribution is 2.22. The zero-order valence-corrected chi connectivity index (χ0v) is 16.8. The molecule has 1 aromatic heterocycles. The van der Waals surface area contributed by atoms with Gasteiger partial charge in [0.15, 0.2) is 0 Å². The van der Waals surface area contributed by atoms with Gasteiger partial charge in [0.05, 0.1) is 18.1 Å². The number of nitro benzene ring substituents is 1. The molecule has 0 spiro atoms. The van der Waals surface area contributed by atoms with Gasteiger partial charge in [-0.05, 0) is 25.0 Å². The molecule has 0 amide bonds. The van der Waals surface area contributed by atoms with Crippen LogP contribution in [0.2, 0.25) is 0 Å². The molecule has 1 aromatic carbocycles. The van der Waals surface area contributed by atoms with Crippen molar-refractivity contribution in [3.8, 4) is 0 Å². The topological polar surface area (TPSA) is 122 Å². The van der Waals surface area contributed by atoms with E-state index in [4.69, 9.17) is 4.74 Å². The van der Waals surface area contributed by atoms with E-state index in [0.29, 0.717) is 23.5 Å². The van der Waals surface area contributed by atoms with Crippen molar-refractivity contribution in [1.29, 1.82) is 0 Å². The molecular weight excluding hydrogens is 388 g/mol. The molecule has 0 unspecified atom stereocenters. The summed E-state index contributed by atoms with van der Waals surface area (Å²) in [5.41, 5.74) is 0.720. The van der Waals surface area contributed by atoms with Crippen molar-refractivity contribution in [3.05, 3.63) is 34.4 Å². The maximum atomic E-state index is 10.8. The second kappa shape index (κ2) is 9.63. The third kappa shape index (κ3) is 5.30. The maximum absolute atomic E-state index is 10.8. The van der Waals surface area contributed by atoms with E-state index in [1.165, 1.54) is 12.1 Å². The van der Waals surface area contributed by atoms with Crippen molar-refractivity contribution in [1.82, 2.24) is 19.9 Å². The highest BCUT2D eigenvalue weighted by molar-refractivity contribution is 5.57. The van der Waals surface area contributed by atoms with Gasteiger partial charge in [-0.25, -0.2) is 0 Å². The number of hydrogen-bond donors (Lipinski definition) is 2. The lowest BCUT2D eigenvalue weighted by molar-refractivity contribution is -0.384. The summed E-state index contributed by atoms with van der Waals surface area (Å²) in [4.78, 5) is 28.6. The number of nitrogens with zero attached hydrogens (tertiary/aromatic N) is 6. The van der Waals surface area contributed by atoms with Crippen molar-refractivity contribution in [2.45, 2.75) is 12.8 Å². The quantitative estimate of drug-likeness (QED) is 0.489. The number of non-ortho nitro benzene ring substituents is 1. The van der Waals surface area contributed by atoms with Crippen LogP contribution in [0.15, 0.2) is 24.3 Å². The second-order valence-electron chi connectivity index (χ2n) is 7.29. The number of nitro groups is 1. The number of anilines is 4. The largest absolute Gasteiger partial charge is 0.379 e. The first-order chi connectivity index (χ1) is 14.7. The molecular formula is C19H26N8O3. The summed E-state index contributed by atoms with van der Waals surface area (Å²) < 4.78 is 5.38. The van der Waals surface area contributed by atoms with Crippen LogP contribution in [0, 0.1) is 10.1 Å². The van der Waals surface area contributed by atoms with Crippen molar-refractivity contribution in [3.63, 3.8) is 0 Å². The smallest absolute Gasteiger partial charge is 0.269 e. The molecule has 4 rings (SSSR count). The Morgan fingerprint density at radius 2 is 1.70 bits per heavy atom. The number of aromatic nitrogens is 3.